The fourth-order valence-corrected chi connectivity index (χ4v) is 2.98. The summed E-state index contributed by atoms with van der Waals surface area (Å²) in [6, 6.07) is 0.400. The average molecular weight is 293 g/mol. The highest BCUT2D eigenvalue weighted by molar-refractivity contribution is 5.74. The fraction of sp³-hybridized carbons (Fsp3) is 0.786. The van der Waals surface area contributed by atoms with Gasteiger partial charge in [0.05, 0.1) is 18.7 Å². The Labute approximate surface area is 124 Å². The summed E-state index contributed by atoms with van der Waals surface area (Å²) in [5, 5.41) is 7.32. The number of urea groups is 1. The van der Waals surface area contributed by atoms with Crippen LogP contribution >= 0.6 is 0 Å². The number of carbonyl (C=O) groups excluding carboxylic acids is 1. The van der Waals surface area contributed by atoms with Gasteiger partial charge < -0.3 is 15.0 Å². The number of likely N-dealkylation sites (tertiary alicyclic amines) is 1. The molecule has 116 valence electrons. The van der Waals surface area contributed by atoms with Gasteiger partial charge >= 0.3 is 6.03 Å². The lowest BCUT2D eigenvalue weighted by Gasteiger charge is -2.33. The molecule has 1 N–H and O–H groups in total. The van der Waals surface area contributed by atoms with Crippen molar-refractivity contribution in [2.75, 3.05) is 26.8 Å². The number of amides is 2. The van der Waals surface area contributed by atoms with E-state index in [-0.39, 0.29) is 18.1 Å². The third-order valence-electron chi connectivity index (χ3n) is 4.34. The number of hydrogen-bond donors (Lipinski definition) is 1. The van der Waals surface area contributed by atoms with Crippen molar-refractivity contribution in [3.8, 4) is 0 Å². The highest BCUT2D eigenvalue weighted by Crippen LogP contribution is 2.33. The van der Waals surface area contributed by atoms with Crippen LogP contribution in [0, 0.1) is 5.92 Å². The minimum Gasteiger partial charge on any atom is -0.383 e. The van der Waals surface area contributed by atoms with E-state index < -0.39 is 0 Å². The Morgan fingerprint density at radius 2 is 2.33 bits per heavy atom. The quantitative estimate of drug-likeness (QED) is 0.881. The van der Waals surface area contributed by atoms with Gasteiger partial charge in [-0.25, -0.2) is 14.5 Å². The predicted octanol–water partition coefficient (Wildman–Crippen LogP) is 1.05. The highest BCUT2D eigenvalue weighted by atomic mass is 16.5. The normalized spacial score (nSPS) is 23.9. The minimum atomic E-state index is 0.0220. The first-order chi connectivity index (χ1) is 10.3. The summed E-state index contributed by atoms with van der Waals surface area (Å²) in [7, 11) is 1.68. The van der Waals surface area contributed by atoms with Gasteiger partial charge in [-0.3, -0.25) is 0 Å². The van der Waals surface area contributed by atoms with Crippen LogP contribution in [0.25, 0.3) is 0 Å². The molecule has 7 nitrogen and oxygen atoms in total. The molecule has 1 aliphatic carbocycles. The third-order valence-corrected chi connectivity index (χ3v) is 4.34. The van der Waals surface area contributed by atoms with Gasteiger partial charge in [-0.1, -0.05) is 0 Å². The molecule has 2 fully saturated rings. The van der Waals surface area contributed by atoms with Crippen LogP contribution in [0.3, 0.4) is 0 Å². The van der Waals surface area contributed by atoms with E-state index in [0.717, 1.165) is 19.4 Å². The molecule has 0 aromatic carbocycles. The lowest BCUT2D eigenvalue weighted by molar-refractivity contribution is 0.135. The molecule has 0 bridgehead atoms. The van der Waals surface area contributed by atoms with Crippen LogP contribution in [0.15, 0.2) is 12.7 Å². The topological polar surface area (TPSA) is 72.3 Å². The molecule has 1 saturated heterocycles. The van der Waals surface area contributed by atoms with E-state index in [2.05, 4.69) is 15.4 Å². The summed E-state index contributed by atoms with van der Waals surface area (Å²) >= 11 is 0. The number of carbonyl (C=O) groups is 1. The summed E-state index contributed by atoms with van der Waals surface area (Å²) in [6.07, 6.45) is 7.68. The second-order valence-corrected chi connectivity index (χ2v) is 5.97. The molecule has 0 spiro atoms. The number of hydrogen-bond acceptors (Lipinski definition) is 4. The lowest BCUT2D eigenvalue weighted by Crippen LogP contribution is -2.50. The van der Waals surface area contributed by atoms with Crippen molar-refractivity contribution in [1.29, 1.82) is 0 Å². The third kappa shape index (κ3) is 3.53. The summed E-state index contributed by atoms with van der Waals surface area (Å²) in [5.74, 6) is 0.588. The van der Waals surface area contributed by atoms with Crippen LogP contribution in [0.4, 0.5) is 4.79 Å². The van der Waals surface area contributed by atoms with E-state index in [1.807, 2.05) is 9.58 Å². The molecule has 2 amide bonds. The largest absolute Gasteiger partial charge is 0.383 e. The first-order valence-electron chi connectivity index (χ1n) is 7.66. The van der Waals surface area contributed by atoms with Gasteiger partial charge in [-0.05, 0) is 31.6 Å². The van der Waals surface area contributed by atoms with E-state index >= 15 is 0 Å². The number of aromatic nitrogens is 3. The summed E-state index contributed by atoms with van der Waals surface area (Å²) in [4.78, 5) is 18.3. The lowest BCUT2D eigenvalue weighted by atomic mass is 10.1. The molecule has 2 aliphatic rings. The highest BCUT2D eigenvalue weighted by Gasteiger charge is 2.34. The summed E-state index contributed by atoms with van der Waals surface area (Å²) in [5.41, 5.74) is 0. The van der Waals surface area contributed by atoms with Crippen LogP contribution in [0.2, 0.25) is 0 Å². The molecule has 2 atom stereocenters. The molecule has 7 heteroatoms. The zero-order valence-electron chi connectivity index (χ0n) is 12.4. The number of methoxy groups -OCH3 is 1. The second-order valence-electron chi connectivity index (χ2n) is 5.97. The molecular weight excluding hydrogens is 270 g/mol. The smallest absolute Gasteiger partial charge is 0.317 e. The van der Waals surface area contributed by atoms with E-state index in [1.54, 1.807) is 19.8 Å². The van der Waals surface area contributed by atoms with Crippen molar-refractivity contribution in [1.82, 2.24) is 25.0 Å². The van der Waals surface area contributed by atoms with Crippen LogP contribution in [-0.4, -0.2) is 58.5 Å². The molecular formula is C14H23N5O2. The summed E-state index contributed by atoms with van der Waals surface area (Å²) in [6.45, 7) is 2.09. The van der Waals surface area contributed by atoms with Crippen molar-refractivity contribution < 1.29 is 9.53 Å². The number of piperidine rings is 1. The molecule has 1 aliphatic heterocycles. The number of nitrogens with one attached hydrogen (secondary N) is 1. The first kappa shape index (κ1) is 14.3. The minimum absolute atomic E-state index is 0.0220. The predicted molar refractivity (Wildman–Crippen MR) is 76.8 cm³/mol. The van der Waals surface area contributed by atoms with Crippen LogP contribution in [0.5, 0.6) is 0 Å². The van der Waals surface area contributed by atoms with Gasteiger partial charge in [-0.15, -0.1) is 0 Å². The van der Waals surface area contributed by atoms with E-state index in [4.69, 9.17) is 4.74 Å². The molecule has 1 aromatic rings. The maximum Gasteiger partial charge on any atom is 0.317 e. The summed E-state index contributed by atoms with van der Waals surface area (Å²) < 4.78 is 7.07. The van der Waals surface area contributed by atoms with Gasteiger partial charge in [0, 0.05) is 20.2 Å². The van der Waals surface area contributed by atoms with E-state index in [0.29, 0.717) is 19.1 Å². The van der Waals surface area contributed by atoms with Crippen molar-refractivity contribution in [3.05, 3.63) is 12.7 Å². The van der Waals surface area contributed by atoms with Gasteiger partial charge in [0.25, 0.3) is 0 Å². The number of ether oxygens (including phenoxy) is 1. The zero-order chi connectivity index (χ0) is 14.7. The van der Waals surface area contributed by atoms with E-state index in [1.165, 1.54) is 12.8 Å². The van der Waals surface area contributed by atoms with Crippen LogP contribution in [-0.2, 0) is 4.74 Å². The average Bonchev–Trinajstić information content (AvgIpc) is 3.21. The Morgan fingerprint density at radius 3 is 3.00 bits per heavy atom. The van der Waals surface area contributed by atoms with Gasteiger partial charge in [0.1, 0.15) is 12.7 Å². The maximum absolute atomic E-state index is 12.4. The van der Waals surface area contributed by atoms with Crippen molar-refractivity contribution in [3.63, 3.8) is 0 Å². The Hall–Kier alpha value is -1.63. The van der Waals surface area contributed by atoms with Crippen molar-refractivity contribution >= 4 is 6.03 Å². The Kier molecular flexibility index (Phi) is 4.38. The molecule has 0 unspecified atom stereocenters. The Morgan fingerprint density at radius 1 is 1.48 bits per heavy atom. The maximum atomic E-state index is 12.4. The standard InChI is InChI=1S/C14H23N5O2/c1-21-8-13(11-4-5-11)17-14(20)18-6-2-3-12(7-18)19-10-15-9-16-19/h9-13H,2-8H2,1H3,(H,17,20)/t12-,13+/m0/s1. The molecule has 1 saturated carbocycles. The zero-order valence-corrected chi connectivity index (χ0v) is 12.4. The van der Waals surface area contributed by atoms with Gasteiger partial charge in [0.15, 0.2) is 0 Å². The molecule has 21 heavy (non-hydrogen) atoms. The van der Waals surface area contributed by atoms with E-state index in [9.17, 15) is 4.79 Å². The number of rotatable bonds is 5. The van der Waals surface area contributed by atoms with Gasteiger partial charge in [0.2, 0.25) is 0 Å². The first-order valence-corrected chi connectivity index (χ1v) is 7.66. The molecule has 3 rings (SSSR count). The van der Waals surface area contributed by atoms with Gasteiger partial charge in [-0.2, -0.15) is 5.10 Å². The Bertz CT molecular complexity index is 460. The Balaban J connectivity index is 1.56. The molecule has 1 aromatic heterocycles. The van der Waals surface area contributed by atoms with Crippen molar-refractivity contribution in [2.45, 2.75) is 37.8 Å². The molecule has 0 radical (unpaired) electrons. The second kappa shape index (κ2) is 6.43. The monoisotopic (exact) mass is 293 g/mol. The van der Waals surface area contributed by atoms with Crippen LogP contribution in [0.1, 0.15) is 31.7 Å². The van der Waals surface area contributed by atoms with Crippen molar-refractivity contribution in [2.24, 2.45) is 5.92 Å². The fourth-order valence-electron chi connectivity index (χ4n) is 2.98. The molecule has 2 heterocycles. The van der Waals surface area contributed by atoms with Crippen LogP contribution < -0.4 is 5.32 Å². The SMILES string of the molecule is COC[C@@H](NC(=O)N1CCC[C@H](n2cncn2)C1)C1CC1. The number of nitrogens with zero attached hydrogens (tertiary/aromatic N) is 4.